The van der Waals surface area contributed by atoms with Gasteiger partial charge < -0.3 is 10.4 Å². The van der Waals surface area contributed by atoms with Crippen LogP contribution >= 0.6 is 0 Å². The number of carboxylic acids is 1. The molecule has 2 N–H and O–H groups in total. The third-order valence-electron chi connectivity index (χ3n) is 3.45. The first-order valence-electron chi connectivity index (χ1n) is 6.39. The van der Waals surface area contributed by atoms with E-state index in [1.165, 1.54) is 0 Å². The zero-order valence-electron chi connectivity index (χ0n) is 10.9. The molecule has 1 saturated heterocycles. The maximum atomic E-state index is 12.3. The number of nitrogens with zero attached hydrogens (tertiary/aromatic N) is 1. The number of amides is 3. The first kappa shape index (κ1) is 13.1. The summed E-state index contributed by atoms with van der Waals surface area (Å²) in [4.78, 5) is 35.5. The minimum Gasteiger partial charge on any atom is -0.480 e. The Morgan fingerprint density at radius 1 is 1.14 bits per heavy atom. The number of carbonyl (C=O) groups is 3. The number of urea groups is 1. The Morgan fingerprint density at radius 2 is 1.86 bits per heavy atom. The first-order chi connectivity index (χ1) is 10.1. The Balaban J connectivity index is 2.02. The lowest BCUT2D eigenvalue weighted by atomic mass is 9.99. The van der Waals surface area contributed by atoms with E-state index in [4.69, 9.17) is 5.11 Å². The number of hydrogen-bond acceptors (Lipinski definition) is 3. The fraction of sp³-hybridized carbons (Fsp3) is 0.133. The molecule has 3 rings (SSSR count). The van der Waals surface area contributed by atoms with Crippen molar-refractivity contribution in [2.45, 2.75) is 6.04 Å². The van der Waals surface area contributed by atoms with Gasteiger partial charge in [-0.25, -0.2) is 4.79 Å². The van der Waals surface area contributed by atoms with Crippen molar-refractivity contribution < 1.29 is 19.5 Å². The highest BCUT2D eigenvalue weighted by molar-refractivity contribution is 6.08. The lowest BCUT2D eigenvalue weighted by molar-refractivity contribution is -0.141. The molecular formula is C15H12N2O4. The summed E-state index contributed by atoms with van der Waals surface area (Å²) >= 11 is 0. The highest BCUT2D eigenvalue weighted by Crippen LogP contribution is 2.28. The third-order valence-corrected chi connectivity index (χ3v) is 3.45. The van der Waals surface area contributed by atoms with Gasteiger partial charge in [0.15, 0.2) is 0 Å². The molecular weight excluding hydrogens is 272 g/mol. The van der Waals surface area contributed by atoms with Gasteiger partial charge in [-0.1, -0.05) is 42.5 Å². The molecule has 0 radical (unpaired) electrons. The number of carboxylic acid groups (broad SMARTS) is 1. The molecule has 1 atom stereocenters. The van der Waals surface area contributed by atoms with Crippen LogP contribution in [0, 0.1) is 0 Å². The van der Waals surface area contributed by atoms with Crippen molar-refractivity contribution in [3.63, 3.8) is 0 Å². The Labute approximate surface area is 120 Å². The maximum absolute atomic E-state index is 12.3. The molecule has 0 spiro atoms. The highest BCUT2D eigenvalue weighted by atomic mass is 16.4. The molecule has 1 heterocycles. The molecule has 106 valence electrons. The summed E-state index contributed by atoms with van der Waals surface area (Å²) in [5.74, 6) is -1.77. The molecule has 6 heteroatoms. The molecule has 1 aliphatic heterocycles. The monoisotopic (exact) mass is 284 g/mol. The van der Waals surface area contributed by atoms with E-state index < -0.39 is 30.5 Å². The smallest absolute Gasteiger partial charge is 0.325 e. The van der Waals surface area contributed by atoms with Crippen LogP contribution in [0.5, 0.6) is 0 Å². The number of fused-ring (bicyclic) bond motifs is 1. The van der Waals surface area contributed by atoms with E-state index in [9.17, 15) is 14.4 Å². The van der Waals surface area contributed by atoms with Gasteiger partial charge in [0.1, 0.15) is 12.6 Å². The predicted octanol–water partition coefficient (Wildman–Crippen LogP) is 1.52. The number of rotatable bonds is 3. The van der Waals surface area contributed by atoms with Crippen molar-refractivity contribution in [1.82, 2.24) is 10.2 Å². The predicted molar refractivity (Wildman–Crippen MR) is 74.6 cm³/mol. The van der Waals surface area contributed by atoms with Crippen molar-refractivity contribution in [2.24, 2.45) is 0 Å². The van der Waals surface area contributed by atoms with Crippen LogP contribution in [0.25, 0.3) is 10.8 Å². The van der Waals surface area contributed by atoms with Crippen molar-refractivity contribution in [3.8, 4) is 0 Å². The van der Waals surface area contributed by atoms with Crippen LogP contribution in [0.3, 0.4) is 0 Å². The van der Waals surface area contributed by atoms with Gasteiger partial charge in [-0.3, -0.25) is 14.5 Å². The summed E-state index contributed by atoms with van der Waals surface area (Å²) in [6.45, 7) is -0.633. The molecule has 1 fully saturated rings. The van der Waals surface area contributed by atoms with Crippen molar-refractivity contribution in [1.29, 1.82) is 0 Å². The van der Waals surface area contributed by atoms with Crippen molar-refractivity contribution >= 4 is 28.7 Å². The van der Waals surface area contributed by atoms with Crippen LogP contribution in [0.2, 0.25) is 0 Å². The van der Waals surface area contributed by atoms with Crippen molar-refractivity contribution in [3.05, 3.63) is 48.0 Å². The second-order valence-electron chi connectivity index (χ2n) is 4.77. The van der Waals surface area contributed by atoms with Crippen LogP contribution in [0.15, 0.2) is 42.5 Å². The summed E-state index contributed by atoms with van der Waals surface area (Å²) < 4.78 is 0. The third kappa shape index (κ3) is 2.20. The maximum Gasteiger partial charge on any atom is 0.325 e. The molecule has 0 aromatic heterocycles. The summed E-state index contributed by atoms with van der Waals surface area (Å²) in [6, 6.07) is 11.5. The molecule has 1 aliphatic rings. The fourth-order valence-corrected chi connectivity index (χ4v) is 2.52. The van der Waals surface area contributed by atoms with Gasteiger partial charge in [-0.2, -0.15) is 0 Å². The number of carbonyl (C=O) groups excluding carboxylic acids is 2. The summed E-state index contributed by atoms with van der Waals surface area (Å²) in [6.07, 6.45) is 0. The Morgan fingerprint density at radius 3 is 2.62 bits per heavy atom. The fourth-order valence-electron chi connectivity index (χ4n) is 2.52. The van der Waals surface area contributed by atoms with Gasteiger partial charge in [0.2, 0.25) is 0 Å². The van der Waals surface area contributed by atoms with E-state index in [0.29, 0.717) is 5.56 Å². The molecule has 2 aromatic rings. The zero-order valence-corrected chi connectivity index (χ0v) is 10.9. The van der Waals surface area contributed by atoms with Crippen molar-refractivity contribution in [2.75, 3.05) is 6.54 Å². The van der Waals surface area contributed by atoms with Gasteiger partial charge in [0, 0.05) is 0 Å². The number of benzene rings is 2. The van der Waals surface area contributed by atoms with Crippen LogP contribution < -0.4 is 5.32 Å². The molecule has 21 heavy (non-hydrogen) atoms. The van der Waals surface area contributed by atoms with Crippen LogP contribution in [0.1, 0.15) is 11.6 Å². The highest BCUT2D eigenvalue weighted by Gasteiger charge is 2.40. The summed E-state index contributed by atoms with van der Waals surface area (Å²) in [5, 5.41) is 13.1. The Kier molecular flexibility index (Phi) is 3.06. The van der Waals surface area contributed by atoms with Gasteiger partial charge in [0.05, 0.1) is 0 Å². The molecule has 0 unspecified atom stereocenters. The average Bonchev–Trinajstić information content (AvgIpc) is 2.74. The molecule has 0 aliphatic carbocycles. The number of imide groups is 1. The second-order valence-corrected chi connectivity index (χ2v) is 4.77. The zero-order chi connectivity index (χ0) is 15.0. The van der Waals surface area contributed by atoms with E-state index in [1.807, 2.05) is 30.3 Å². The van der Waals surface area contributed by atoms with Crippen LogP contribution in [-0.2, 0) is 9.59 Å². The van der Waals surface area contributed by atoms with Gasteiger partial charge in [-0.15, -0.1) is 0 Å². The normalized spacial score (nSPS) is 18.1. The molecule has 2 aromatic carbocycles. The summed E-state index contributed by atoms with van der Waals surface area (Å²) in [5.41, 5.74) is 0.666. The van der Waals surface area contributed by atoms with E-state index in [1.54, 1.807) is 12.1 Å². The minimum atomic E-state index is -1.22. The van der Waals surface area contributed by atoms with E-state index >= 15 is 0 Å². The molecule has 3 amide bonds. The quantitative estimate of drug-likeness (QED) is 0.837. The summed E-state index contributed by atoms with van der Waals surface area (Å²) in [7, 11) is 0. The Hall–Kier alpha value is -2.89. The second kappa shape index (κ2) is 4.90. The molecule has 6 nitrogen and oxygen atoms in total. The average molecular weight is 284 g/mol. The molecule has 0 bridgehead atoms. The molecule has 0 saturated carbocycles. The van der Waals surface area contributed by atoms with Gasteiger partial charge >= 0.3 is 12.0 Å². The number of hydrogen-bond donors (Lipinski definition) is 2. The largest absolute Gasteiger partial charge is 0.480 e. The lowest BCUT2D eigenvalue weighted by Gasteiger charge is -2.12. The topological polar surface area (TPSA) is 86.7 Å². The van der Waals surface area contributed by atoms with Crippen LogP contribution in [-0.4, -0.2) is 34.5 Å². The SMILES string of the molecule is O=C(O)CN1C(=O)N[C@H](c2cccc3ccccc23)C1=O. The van der Waals surface area contributed by atoms with Gasteiger partial charge in [-0.05, 0) is 16.3 Å². The number of nitrogens with one attached hydrogen (secondary N) is 1. The minimum absolute atomic E-state index is 0.543. The lowest BCUT2D eigenvalue weighted by Crippen LogP contribution is -2.35. The van der Waals surface area contributed by atoms with E-state index in [-0.39, 0.29) is 0 Å². The number of aliphatic carboxylic acids is 1. The standard InChI is InChI=1S/C15H12N2O4/c18-12(19)8-17-14(20)13(16-15(17)21)11-7-3-5-9-4-1-2-6-10(9)11/h1-7,13H,8H2,(H,16,21)(H,18,19)/t13-/m1/s1. The Bertz CT molecular complexity index is 751. The van der Waals surface area contributed by atoms with Gasteiger partial charge in [0.25, 0.3) is 5.91 Å². The first-order valence-corrected chi connectivity index (χ1v) is 6.39. The van der Waals surface area contributed by atoms with E-state index in [2.05, 4.69) is 5.32 Å². The van der Waals surface area contributed by atoms with Crippen LogP contribution in [0.4, 0.5) is 4.79 Å². The van der Waals surface area contributed by atoms with E-state index in [0.717, 1.165) is 15.7 Å².